The van der Waals surface area contributed by atoms with Gasteiger partial charge in [-0.25, -0.2) is 9.78 Å². The summed E-state index contributed by atoms with van der Waals surface area (Å²) in [5, 5.41) is 8.88. The van der Waals surface area contributed by atoms with Crippen molar-refractivity contribution < 1.29 is 9.90 Å². The number of carbonyl (C=O) groups is 1. The molecule has 0 spiro atoms. The largest absolute Gasteiger partial charge is 0.476 e. The minimum Gasteiger partial charge on any atom is -0.476 e. The molecule has 1 aromatic heterocycles. The molecular formula is C17H19N3O2. The zero-order valence-electron chi connectivity index (χ0n) is 12.6. The fourth-order valence-electron chi connectivity index (χ4n) is 2.89. The third-order valence-electron chi connectivity index (χ3n) is 4.22. The van der Waals surface area contributed by atoms with Crippen molar-refractivity contribution in [3.05, 3.63) is 47.9 Å². The first-order chi connectivity index (χ1) is 10.6. The maximum Gasteiger partial charge on any atom is 0.356 e. The second-order valence-corrected chi connectivity index (χ2v) is 5.64. The van der Waals surface area contributed by atoms with E-state index in [-0.39, 0.29) is 5.69 Å². The van der Waals surface area contributed by atoms with Crippen LogP contribution in [0.25, 0.3) is 11.3 Å². The van der Waals surface area contributed by atoms with Crippen LogP contribution >= 0.6 is 0 Å². The Morgan fingerprint density at radius 3 is 2.64 bits per heavy atom. The van der Waals surface area contributed by atoms with Gasteiger partial charge in [0.15, 0.2) is 5.69 Å². The van der Waals surface area contributed by atoms with Crippen LogP contribution in [0.5, 0.6) is 0 Å². The van der Waals surface area contributed by atoms with Gasteiger partial charge < -0.3 is 5.11 Å². The highest BCUT2D eigenvalue weighted by atomic mass is 16.4. The highest BCUT2D eigenvalue weighted by molar-refractivity contribution is 5.85. The van der Waals surface area contributed by atoms with Crippen LogP contribution in [-0.4, -0.2) is 39.0 Å². The molecule has 0 amide bonds. The number of rotatable bonds is 4. The second kappa shape index (κ2) is 6.23. The average molecular weight is 297 g/mol. The minimum atomic E-state index is -1.06. The Kier molecular flexibility index (Phi) is 4.15. The van der Waals surface area contributed by atoms with Gasteiger partial charge in [-0.05, 0) is 44.5 Å². The van der Waals surface area contributed by atoms with Gasteiger partial charge in [0, 0.05) is 11.6 Å². The van der Waals surface area contributed by atoms with Gasteiger partial charge in [-0.1, -0.05) is 18.2 Å². The Hall–Kier alpha value is -2.27. The SMILES string of the molecule is C[C@@H](c1cccc(-c2cnc(C(=O)O)cn2)c1)N1CCCC1. The number of nitrogens with zero attached hydrogens (tertiary/aromatic N) is 3. The van der Waals surface area contributed by atoms with Gasteiger partial charge in [-0.2, -0.15) is 0 Å². The van der Waals surface area contributed by atoms with Crippen LogP contribution in [0.1, 0.15) is 41.9 Å². The minimum absolute atomic E-state index is 0.0367. The van der Waals surface area contributed by atoms with Crippen LogP contribution in [0.3, 0.4) is 0 Å². The molecule has 5 heteroatoms. The summed E-state index contributed by atoms with van der Waals surface area (Å²) in [6.07, 6.45) is 5.36. The maximum atomic E-state index is 10.8. The fourth-order valence-corrected chi connectivity index (χ4v) is 2.89. The Bertz CT molecular complexity index is 664. The van der Waals surface area contributed by atoms with Gasteiger partial charge >= 0.3 is 5.97 Å². The molecule has 3 rings (SSSR count). The van der Waals surface area contributed by atoms with Gasteiger partial charge in [0.05, 0.1) is 18.1 Å². The van der Waals surface area contributed by atoms with Gasteiger partial charge in [-0.3, -0.25) is 9.88 Å². The molecule has 1 aromatic carbocycles. The standard InChI is InChI=1S/C17H19N3O2/c1-12(20-7-2-3-8-20)13-5-4-6-14(9-13)15-10-19-16(11-18-15)17(21)22/h4-6,9-12H,2-3,7-8H2,1H3,(H,21,22)/t12-/m0/s1. The predicted molar refractivity (Wildman–Crippen MR) is 83.6 cm³/mol. The Morgan fingerprint density at radius 2 is 2.00 bits per heavy atom. The van der Waals surface area contributed by atoms with Gasteiger partial charge in [0.25, 0.3) is 0 Å². The van der Waals surface area contributed by atoms with E-state index in [1.807, 2.05) is 12.1 Å². The summed E-state index contributed by atoms with van der Waals surface area (Å²) in [5.74, 6) is -1.06. The van der Waals surface area contributed by atoms with Crippen LogP contribution in [-0.2, 0) is 0 Å². The lowest BCUT2D eigenvalue weighted by molar-refractivity contribution is 0.0690. The first-order valence-corrected chi connectivity index (χ1v) is 7.55. The first kappa shape index (κ1) is 14.7. The van der Waals surface area contributed by atoms with Gasteiger partial charge in [0.2, 0.25) is 0 Å². The number of carboxylic acids is 1. The number of aromatic nitrogens is 2. The molecule has 2 aromatic rings. The summed E-state index contributed by atoms with van der Waals surface area (Å²) in [7, 11) is 0. The summed E-state index contributed by atoms with van der Waals surface area (Å²) in [4.78, 5) is 21.5. The van der Waals surface area contributed by atoms with Gasteiger partial charge in [-0.15, -0.1) is 0 Å². The lowest BCUT2D eigenvalue weighted by Crippen LogP contribution is -2.23. The number of hydrogen-bond donors (Lipinski definition) is 1. The van der Waals surface area contributed by atoms with Crippen molar-refractivity contribution in [1.29, 1.82) is 0 Å². The van der Waals surface area contributed by atoms with Crippen molar-refractivity contribution in [3.8, 4) is 11.3 Å². The summed E-state index contributed by atoms with van der Waals surface area (Å²) < 4.78 is 0. The van der Waals surface area contributed by atoms with Crippen molar-refractivity contribution in [1.82, 2.24) is 14.9 Å². The molecule has 0 saturated carbocycles. The molecule has 1 fully saturated rings. The first-order valence-electron chi connectivity index (χ1n) is 7.55. The summed E-state index contributed by atoms with van der Waals surface area (Å²) >= 11 is 0. The number of carboxylic acid groups (broad SMARTS) is 1. The van der Waals surface area contributed by atoms with E-state index < -0.39 is 5.97 Å². The molecule has 114 valence electrons. The van der Waals surface area contributed by atoms with Crippen molar-refractivity contribution >= 4 is 5.97 Å². The lowest BCUT2D eigenvalue weighted by Gasteiger charge is -2.24. The molecule has 5 nitrogen and oxygen atoms in total. The van der Waals surface area contributed by atoms with E-state index in [9.17, 15) is 4.79 Å². The molecule has 1 N–H and O–H groups in total. The second-order valence-electron chi connectivity index (χ2n) is 5.64. The van der Waals surface area contributed by atoms with E-state index in [1.54, 1.807) is 0 Å². The molecule has 0 bridgehead atoms. The fraction of sp³-hybridized carbons (Fsp3) is 0.353. The van der Waals surface area contributed by atoms with Crippen LogP contribution in [0, 0.1) is 0 Å². The number of likely N-dealkylation sites (tertiary alicyclic amines) is 1. The molecule has 1 aliphatic rings. The Morgan fingerprint density at radius 1 is 1.23 bits per heavy atom. The van der Waals surface area contributed by atoms with Crippen LogP contribution in [0.4, 0.5) is 0 Å². The predicted octanol–water partition coefficient (Wildman–Crippen LogP) is 3.00. The molecule has 1 atom stereocenters. The van der Waals surface area contributed by atoms with Crippen molar-refractivity contribution in [2.45, 2.75) is 25.8 Å². The average Bonchev–Trinajstić information content (AvgIpc) is 3.09. The van der Waals surface area contributed by atoms with E-state index in [2.05, 4.69) is 33.9 Å². The smallest absolute Gasteiger partial charge is 0.356 e. The zero-order valence-corrected chi connectivity index (χ0v) is 12.6. The highest BCUT2D eigenvalue weighted by Crippen LogP contribution is 2.27. The molecular weight excluding hydrogens is 278 g/mol. The quantitative estimate of drug-likeness (QED) is 0.939. The van der Waals surface area contributed by atoms with Gasteiger partial charge in [0.1, 0.15) is 0 Å². The Balaban J connectivity index is 1.85. The third kappa shape index (κ3) is 2.99. The summed E-state index contributed by atoms with van der Waals surface area (Å²) in [6, 6.07) is 8.63. The van der Waals surface area contributed by atoms with E-state index in [0.29, 0.717) is 11.7 Å². The number of hydrogen-bond acceptors (Lipinski definition) is 4. The maximum absolute atomic E-state index is 10.8. The molecule has 2 heterocycles. The molecule has 22 heavy (non-hydrogen) atoms. The Labute approximate surface area is 129 Å². The van der Waals surface area contributed by atoms with E-state index >= 15 is 0 Å². The normalized spacial score (nSPS) is 16.6. The monoisotopic (exact) mass is 297 g/mol. The lowest BCUT2D eigenvalue weighted by atomic mass is 10.0. The third-order valence-corrected chi connectivity index (χ3v) is 4.22. The summed E-state index contributed by atoms with van der Waals surface area (Å²) in [5.41, 5.74) is 2.88. The zero-order chi connectivity index (χ0) is 15.5. The van der Waals surface area contributed by atoms with E-state index in [4.69, 9.17) is 5.11 Å². The molecule has 0 aliphatic carbocycles. The van der Waals surface area contributed by atoms with Crippen molar-refractivity contribution in [3.63, 3.8) is 0 Å². The van der Waals surface area contributed by atoms with Crippen LogP contribution in [0.2, 0.25) is 0 Å². The number of aromatic carboxylic acids is 1. The van der Waals surface area contributed by atoms with Crippen molar-refractivity contribution in [2.24, 2.45) is 0 Å². The summed E-state index contributed by atoms with van der Waals surface area (Å²) in [6.45, 7) is 4.53. The van der Waals surface area contributed by atoms with Crippen molar-refractivity contribution in [2.75, 3.05) is 13.1 Å². The van der Waals surface area contributed by atoms with Crippen LogP contribution in [0.15, 0.2) is 36.7 Å². The molecule has 0 radical (unpaired) electrons. The van der Waals surface area contributed by atoms with Crippen LogP contribution < -0.4 is 0 Å². The molecule has 0 unspecified atom stereocenters. The molecule has 1 saturated heterocycles. The van der Waals surface area contributed by atoms with E-state index in [0.717, 1.165) is 18.7 Å². The highest BCUT2D eigenvalue weighted by Gasteiger charge is 2.19. The molecule has 1 aliphatic heterocycles. The number of benzene rings is 1. The van der Waals surface area contributed by atoms with E-state index in [1.165, 1.54) is 30.8 Å². The topological polar surface area (TPSA) is 66.3 Å².